The van der Waals surface area contributed by atoms with Crippen molar-refractivity contribution in [2.45, 2.75) is 58.8 Å². The molecule has 0 saturated heterocycles. The minimum atomic E-state index is -0.0831. The van der Waals surface area contributed by atoms with Crippen molar-refractivity contribution in [2.24, 2.45) is 5.41 Å². The van der Waals surface area contributed by atoms with Gasteiger partial charge in [-0.2, -0.15) is 0 Å². The first kappa shape index (κ1) is 14.6. The molecule has 1 aliphatic carbocycles. The maximum absolute atomic E-state index is 6.10. The Morgan fingerprint density at radius 3 is 2.47 bits per heavy atom. The third-order valence-corrected chi connectivity index (χ3v) is 4.37. The van der Waals surface area contributed by atoms with Crippen molar-refractivity contribution in [2.75, 3.05) is 11.9 Å². The topological polar surface area (TPSA) is 37.8 Å². The average Bonchev–Trinajstić information content (AvgIpc) is 2.26. The van der Waals surface area contributed by atoms with Crippen LogP contribution in [0.1, 0.15) is 59.2 Å². The van der Waals surface area contributed by atoms with Crippen LogP contribution >= 0.6 is 11.6 Å². The van der Waals surface area contributed by atoms with E-state index < -0.39 is 0 Å². The molecule has 1 saturated carbocycles. The van der Waals surface area contributed by atoms with Gasteiger partial charge in [-0.1, -0.05) is 45.7 Å². The molecule has 1 aliphatic rings. The lowest BCUT2D eigenvalue weighted by Gasteiger charge is -2.41. The average molecular weight is 282 g/mol. The molecule has 0 atom stereocenters. The molecule has 19 heavy (non-hydrogen) atoms. The highest BCUT2D eigenvalue weighted by molar-refractivity contribution is 6.29. The molecular weight excluding hydrogens is 258 g/mol. The van der Waals surface area contributed by atoms with Crippen molar-refractivity contribution >= 4 is 17.4 Å². The van der Waals surface area contributed by atoms with Gasteiger partial charge >= 0.3 is 0 Å². The first-order valence-electron chi connectivity index (χ1n) is 7.14. The zero-order chi connectivity index (χ0) is 14.1. The molecule has 1 heterocycles. The predicted molar refractivity (Wildman–Crippen MR) is 80.8 cm³/mol. The number of hydrogen-bond acceptors (Lipinski definition) is 3. The fourth-order valence-electron chi connectivity index (χ4n) is 2.45. The monoisotopic (exact) mass is 281 g/mol. The van der Waals surface area contributed by atoms with Gasteiger partial charge in [0.05, 0.1) is 0 Å². The molecular formula is C15H24ClN3. The number of hydrogen-bond donors (Lipinski definition) is 1. The number of rotatable bonds is 4. The lowest BCUT2D eigenvalue weighted by molar-refractivity contribution is 0.145. The van der Waals surface area contributed by atoms with Crippen LogP contribution in [0, 0.1) is 5.41 Å². The standard InChI is InChI=1S/C15H24ClN3/c1-5-15(7-6-8-15)10-17-12-9-11(16)18-13(19-12)14(2,3)4/h9H,5-8,10H2,1-4H3,(H,17,18,19). The van der Waals surface area contributed by atoms with Crippen LogP contribution in [-0.2, 0) is 5.41 Å². The Morgan fingerprint density at radius 1 is 1.32 bits per heavy atom. The number of halogens is 1. The third-order valence-electron chi connectivity index (χ3n) is 4.17. The first-order chi connectivity index (χ1) is 8.85. The van der Waals surface area contributed by atoms with Crippen molar-refractivity contribution in [1.29, 1.82) is 0 Å². The molecule has 0 aliphatic heterocycles. The van der Waals surface area contributed by atoms with E-state index in [9.17, 15) is 0 Å². The molecule has 1 aromatic rings. The van der Waals surface area contributed by atoms with Gasteiger partial charge in [-0.05, 0) is 24.7 Å². The molecule has 106 valence electrons. The number of nitrogens with zero attached hydrogens (tertiary/aromatic N) is 2. The smallest absolute Gasteiger partial charge is 0.137 e. The van der Waals surface area contributed by atoms with Crippen LogP contribution in [0.5, 0.6) is 0 Å². The highest BCUT2D eigenvalue weighted by Gasteiger charge is 2.34. The molecule has 0 amide bonds. The summed E-state index contributed by atoms with van der Waals surface area (Å²) in [7, 11) is 0. The van der Waals surface area contributed by atoms with Gasteiger partial charge in [0, 0.05) is 18.0 Å². The molecule has 1 fully saturated rings. The van der Waals surface area contributed by atoms with E-state index in [1.54, 1.807) is 0 Å². The Kier molecular flexibility index (Phi) is 4.05. The Hall–Kier alpha value is -0.830. The fraction of sp³-hybridized carbons (Fsp3) is 0.733. The minimum absolute atomic E-state index is 0.0831. The van der Waals surface area contributed by atoms with Crippen LogP contribution in [-0.4, -0.2) is 16.5 Å². The molecule has 4 heteroatoms. The number of nitrogens with one attached hydrogen (secondary N) is 1. The van der Waals surface area contributed by atoms with E-state index >= 15 is 0 Å². The van der Waals surface area contributed by atoms with Crippen molar-refractivity contribution < 1.29 is 0 Å². The van der Waals surface area contributed by atoms with Crippen molar-refractivity contribution in [3.63, 3.8) is 0 Å². The summed E-state index contributed by atoms with van der Waals surface area (Å²) in [4.78, 5) is 8.91. The molecule has 1 aromatic heterocycles. The van der Waals surface area contributed by atoms with Crippen LogP contribution < -0.4 is 5.32 Å². The Balaban J connectivity index is 2.10. The Bertz CT molecular complexity index is 442. The number of anilines is 1. The number of aromatic nitrogens is 2. The van der Waals surface area contributed by atoms with Gasteiger partial charge in [-0.3, -0.25) is 0 Å². The molecule has 0 unspecified atom stereocenters. The minimum Gasteiger partial charge on any atom is -0.369 e. The van der Waals surface area contributed by atoms with Crippen LogP contribution in [0.25, 0.3) is 0 Å². The summed E-state index contributed by atoms with van der Waals surface area (Å²) in [6, 6.07) is 1.82. The van der Waals surface area contributed by atoms with Crippen molar-refractivity contribution in [3.05, 3.63) is 17.0 Å². The van der Waals surface area contributed by atoms with Gasteiger partial charge in [0.15, 0.2) is 0 Å². The fourth-order valence-corrected chi connectivity index (χ4v) is 2.64. The van der Waals surface area contributed by atoms with E-state index in [1.807, 2.05) is 6.07 Å². The van der Waals surface area contributed by atoms with Gasteiger partial charge in [-0.15, -0.1) is 0 Å². The van der Waals surface area contributed by atoms with Gasteiger partial charge < -0.3 is 5.32 Å². The molecule has 3 nitrogen and oxygen atoms in total. The lowest BCUT2D eigenvalue weighted by atomic mass is 9.67. The molecule has 0 bridgehead atoms. The highest BCUT2D eigenvalue weighted by atomic mass is 35.5. The van der Waals surface area contributed by atoms with E-state index in [1.165, 1.54) is 25.7 Å². The summed E-state index contributed by atoms with van der Waals surface area (Å²) >= 11 is 6.10. The summed E-state index contributed by atoms with van der Waals surface area (Å²) in [5.74, 6) is 1.64. The van der Waals surface area contributed by atoms with Crippen LogP contribution in [0.15, 0.2) is 6.07 Å². The van der Waals surface area contributed by atoms with E-state index in [-0.39, 0.29) is 5.41 Å². The summed E-state index contributed by atoms with van der Waals surface area (Å²) in [6.07, 6.45) is 5.22. The van der Waals surface area contributed by atoms with Crippen LogP contribution in [0.3, 0.4) is 0 Å². The second-order valence-corrected chi connectivity index (χ2v) is 7.10. The largest absolute Gasteiger partial charge is 0.369 e. The Morgan fingerprint density at radius 2 is 2.00 bits per heavy atom. The summed E-state index contributed by atoms with van der Waals surface area (Å²) < 4.78 is 0. The normalized spacial score (nSPS) is 17.9. The van der Waals surface area contributed by atoms with Crippen molar-refractivity contribution in [1.82, 2.24) is 9.97 Å². The van der Waals surface area contributed by atoms with Gasteiger partial charge in [-0.25, -0.2) is 9.97 Å². The van der Waals surface area contributed by atoms with E-state index in [0.717, 1.165) is 18.2 Å². The molecule has 0 aromatic carbocycles. The van der Waals surface area contributed by atoms with Gasteiger partial charge in [0.2, 0.25) is 0 Å². The maximum Gasteiger partial charge on any atom is 0.137 e. The van der Waals surface area contributed by atoms with E-state index in [2.05, 4.69) is 43.0 Å². The van der Waals surface area contributed by atoms with E-state index in [0.29, 0.717) is 10.6 Å². The molecule has 1 N–H and O–H groups in total. The molecule has 0 spiro atoms. The molecule has 0 radical (unpaired) electrons. The summed E-state index contributed by atoms with van der Waals surface area (Å²) in [5.41, 5.74) is 0.388. The van der Waals surface area contributed by atoms with Crippen molar-refractivity contribution in [3.8, 4) is 0 Å². The maximum atomic E-state index is 6.10. The summed E-state index contributed by atoms with van der Waals surface area (Å²) in [5, 5.41) is 3.97. The van der Waals surface area contributed by atoms with E-state index in [4.69, 9.17) is 11.6 Å². The predicted octanol–water partition coefficient (Wildman–Crippen LogP) is 4.42. The lowest BCUT2D eigenvalue weighted by Crippen LogP contribution is -2.36. The van der Waals surface area contributed by atoms with Gasteiger partial charge in [0.25, 0.3) is 0 Å². The first-order valence-corrected chi connectivity index (χ1v) is 7.51. The highest BCUT2D eigenvalue weighted by Crippen LogP contribution is 2.43. The summed E-state index contributed by atoms with van der Waals surface area (Å²) in [6.45, 7) is 9.56. The quantitative estimate of drug-likeness (QED) is 0.830. The Labute approximate surface area is 121 Å². The van der Waals surface area contributed by atoms with Gasteiger partial charge in [0.1, 0.15) is 16.8 Å². The molecule has 2 rings (SSSR count). The SMILES string of the molecule is CCC1(CNc2cc(Cl)nc(C(C)(C)C)n2)CCC1. The second kappa shape index (κ2) is 5.28. The van der Waals surface area contributed by atoms with Crippen LogP contribution in [0.4, 0.5) is 5.82 Å². The zero-order valence-electron chi connectivity index (χ0n) is 12.4. The second-order valence-electron chi connectivity index (χ2n) is 6.71. The zero-order valence-corrected chi connectivity index (χ0v) is 13.1. The third kappa shape index (κ3) is 3.38. The van der Waals surface area contributed by atoms with Crippen LogP contribution in [0.2, 0.25) is 5.15 Å².